The fourth-order valence-electron chi connectivity index (χ4n) is 2.27. The van der Waals surface area contributed by atoms with Gasteiger partial charge in [0.05, 0.1) is 31.3 Å². The second-order valence-electron chi connectivity index (χ2n) is 4.88. The number of nitro benzene ring substituents is 1. The first-order chi connectivity index (χ1) is 12.3. The van der Waals surface area contributed by atoms with E-state index in [4.69, 9.17) is 25.8 Å². The number of anilines is 1. The molecule has 0 heterocycles. The molecule has 2 aromatic rings. The van der Waals surface area contributed by atoms with Gasteiger partial charge in [-0.3, -0.25) is 14.9 Å². The van der Waals surface area contributed by atoms with Gasteiger partial charge in [-0.25, -0.2) is 4.39 Å². The molecule has 0 fully saturated rings. The Morgan fingerprint density at radius 2 is 1.81 bits per heavy atom. The molecule has 26 heavy (non-hydrogen) atoms. The number of carbonyl (C=O) groups excluding carboxylic acids is 1. The number of nitrogens with zero attached hydrogens (tertiary/aromatic N) is 1. The number of ether oxygens (including phenoxy) is 3. The SMILES string of the molecule is COc1cc(C(=O)Nc2ccc(F)c(Cl)c2)c([N+](=O)[O-])c(OC)c1OC. The van der Waals surface area contributed by atoms with Gasteiger partial charge in [-0.05, 0) is 18.2 Å². The molecule has 1 N–H and O–H groups in total. The molecule has 2 rings (SSSR count). The van der Waals surface area contributed by atoms with Crippen LogP contribution in [0.4, 0.5) is 15.8 Å². The van der Waals surface area contributed by atoms with Crippen LogP contribution in [-0.4, -0.2) is 32.2 Å². The van der Waals surface area contributed by atoms with Gasteiger partial charge in [0.25, 0.3) is 5.91 Å². The van der Waals surface area contributed by atoms with Crippen molar-refractivity contribution in [3.63, 3.8) is 0 Å². The molecule has 0 atom stereocenters. The minimum absolute atomic E-state index is 0.0249. The third-order valence-electron chi connectivity index (χ3n) is 3.41. The highest BCUT2D eigenvalue weighted by atomic mass is 35.5. The number of hydrogen-bond donors (Lipinski definition) is 1. The van der Waals surface area contributed by atoms with Gasteiger partial charge in [0.1, 0.15) is 11.4 Å². The number of benzene rings is 2. The highest BCUT2D eigenvalue weighted by Gasteiger charge is 2.32. The monoisotopic (exact) mass is 384 g/mol. The van der Waals surface area contributed by atoms with Crippen LogP contribution in [0.1, 0.15) is 10.4 Å². The Hall–Kier alpha value is -3.07. The molecule has 0 radical (unpaired) electrons. The normalized spacial score (nSPS) is 10.2. The van der Waals surface area contributed by atoms with E-state index in [0.717, 1.165) is 12.1 Å². The molecular formula is C16H14ClFN2O6. The summed E-state index contributed by atoms with van der Waals surface area (Å²) in [4.78, 5) is 23.3. The lowest BCUT2D eigenvalue weighted by Crippen LogP contribution is -2.15. The lowest BCUT2D eigenvalue weighted by Gasteiger charge is -2.15. The van der Waals surface area contributed by atoms with Gasteiger partial charge in [-0.1, -0.05) is 11.6 Å². The first-order valence-electron chi connectivity index (χ1n) is 7.07. The Labute approximate surface area is 152 Å². The maximum absolute atomic E-state index is 13.2. The van der Waals surface area contributed by atoms with Crippen LogP contribution in [0, 0.1) is 15.9 Å². The Kier molecular flexibility index (Phi) is 5.83. The van der Waals surface area contributed by atoms with E-state index in [0.29, 0.717) is 0 Å². The molecular weight excluding hydrogens is 371 g/mol. The van der Waals surface area contributed by atoms with Crippen LogP contribution in [0.3, 0.4) is 0 Å². The zero-order valence-corrected chi connectivity index (χ0v) is 14.7. The summed E-state index contributed by atoms with van der Waals surface area (Å²) < 4.78 is 28.5. The van der Waals surface area contributed by atoms with Crippen LogP contribution in [0.2, 0.25) is 5.02 Å². The van der Waals surface area contributed by atoms with Crippen molar-refractivity contribution in [1.29, 1.82) is 0 Å². The van der Waals surface area contributed by atoms with E-state index < -0.39 is 22.3 Å². The van der Waals surface area contributed by atoms with Crippen molar-refractivity contribution in [3.8, 4) is 17.2 Å². The lowest BCUT2D eigenvalue weighted by atomic mass is 10.1. The molecule has 0 aliphatic rings. The number of nitro groups is 1. The average molecular weight is 385 g/mol. The molecule has 0 aliphatic heterocycles. The van der Waals surface area contributed by atoms with E-state index in [2.05, 4.69) is 5.32 Å². The summed E-state index contributed by atoms with van der Waals surface area (Å²) in [6, 6.07) is 4.66. The number of halogens is 2. The van der Waals surface area contributed by atoms with Gasteiger partial charge in [-0.15, -0.1) is 0 Å². The second kappa shape index (κ2) is 7.87. The summed E-state index contributed by atoms with van der Waals surface area (Å²) in [5.74, 6) is -1.72. The summed E-state index contributed by atoms with van der Waals surface area (Å²) in [6.45, 7) is 0. The van der Waals surface area contributed by atoms with Crippen LogP contribution in [-0.2, 0) is 0 Å². The van der Waals surface area contributed by atoms with Gasteiger partial charge in [0, 0.05) is 11.8 Å². The first kappa shape index (κ1) is 19.3. The summed E-state index contributed by atoms with van der Waals surface area (Å²) in [5.41, 5.74) is -0.773. The third kappa shape index (κ3) is 3.62. The Bertz CT molecular complexity index is 874. The number of carbonyl (C=O) groups is 1. The molecule has 0 saturated carbocycles. The van der Waals surface area contributed by atoms with Crippen LogP contribution in [0.5, 0.6) is 17.2 Å². The molecule has 0 bridgehead atoms. The molecule has 0 unspecified atom stereocenters. The van der Waals surface area contributed by atoms with Gasteiger partial charge in [-0.2, -0.15) is 0 Å². The Balaban J connectivity index is 2.57. The molecule has 0 aliphatic carbocycles. The Morgan fingerprint density at radius 1 is 1.15 bits per heavy atom. The smallest absolute Gasteiger partial charge is 0.327 e. The predicted molar refractivity (Wildman–Crippen MR) is 92.1 cm³/mol. The van der Waals surface area contributed by atoms with Crippen LogP contribution in [0.25, 0.3) is 0 Å². The maximum atomic E-state index is 13.2. The summed E-state index contributed by atoms with van der Waals surface area (Å²) in [7, 11) is 3.79. The topological polar surface area (TPSA) is 99.9 Å². The molecule has 138 valence electrons. The zero-order chi connectivity index (χ0) is 19.4. The van der Waals surface area contributed by atoms with Crippen molar-refractivity contribution in [2.45, 2.75) is 0 Å². The minimum atomic E-state index is -0.835. The van der Waals surface area contributed by atoms with E-state index >= 15 is 0 Å². The average Bonchev–Trinajstić information content (AvgIpc) is 2.62. The van der Waals surface area contributed by atoms with Gasteiger partial charge in [0.2, 0.25) is 11.5 Å². The lowest BCUT2D eigenvalue weighted by molar-refractivity contribution is -0.386. The minimum Gasteiger partial charge on any atom is -0.493 e. The zero-order valence-electron chi connectivity index (χ0n) is 14.0. The van der Waals surface area contributed by atoms with Gasteiger partial charge in [0.15, 0.2) is 5.75 Å². The molecule has 0 aromatic heterocycles. The van der Waals surface area contributed by atoms with Crippen LogP contribution in [0.15, 0.2) is 24.3 Å². The van der Waals surface area contributed by atoms with Gasteiger partial charge >= 0.3 is 5.69 Å². The van der Waals surface area contributed by atoms with Crippen molar-refractivity contribution in [1.82, 2.24) is 0 Å². The third-order valence-corrected chi connectivity index (χ3v) is 3.70. The van der Waals surface area contributed by atoms with Crippen molar-refractivity contribution in [2.75, 3.05) is 26.6 Å². The van der Waals surface area contributed by atoms with Crippen molar-refractivity contribution in [3.05, 3.63) is 50.8 Å². The van der Waals surface area contributed by atoms with Gasteiger partial charge < -0.3 is 19.5 Å². The Morgan fingerprint density at radius 3 is 2.31 bits per heavy atom. The fourth-order valence-corrected chi connectivity index (χ4v) is 2.45. The summed E-state index contributed by atoms with van der Waals surface area (Å²) in [6.07, 6.45) is 0. The summed E-state index contributed by atoms with van der Waals surface area (Å²) in [5, 5.41) is 13.7. The second-order valence-corrected chi connectivity index (χ2v) is 5.29. The van der Waals surface area contributed by atoms with E-state index in [-0.39, 0.29) is 33.5 Å². The largest absolute Gasteiger partial charge is 0.493 e. The molecule has 0 spiro atoms. The van der Waals surface area contributed by atoms with Crippen molar-refractivity contribution < 1.29 is 28.3 Å². The van der Waals surface area contributed by atoms with Crippen LogP contribution < -0.4 is 19.5 Å². The van der Waals surface area contributed by atoms with E-state index in [1.807, 2.05) is 0 Å². The summed E-state index contributed by atoms with van der Waals surface area (Å²) >= 11 is 5.67. The van der Waals surface area contributed by atoms with Crippen molar-refractivity contribution in [2.24, 2.45) is 0 Å². The van der Waals surface area contributed by atoms with Crippen molar-refractivity contribution >= 4 is 28.9 Å². The number of methoxy groups -OCH3 is 3. The number of amides is 1. The first-order valence-corrected chi connectivity index (χ1v) is 7.45. The standard InChI is InChI=1S/C16H14ClFN2O6/c1-24-12-7-9(13(20(22)23)15(26-3)14(12)25-2)16(21)19-8-4-5-11(18)10(17)6-8/h4-7H,1-3H3,(H,19,21). The van der Waals surface area contributed by atoms with E-state index in [9.17, 15) is 19.3 Å². The molecule has 0 saturated heterocycles. The van der Waals surface area contributed by atoms with E-state index in [1.54, 1.807) is 0 Å². The van der Waals surface area contributed by atoms with E-state index in [1.165, 1.54) is 33.5 Å². The maximum Gasteiger partial charge on any atom is 0.327 e. The number of hydrogen-bond acceptors (Lipinski definition) is 6. The number of nitrogens with one attached hydrogen (secondary N) is 1. The quantitative estimate of drug-likeness (QED) is 0.602. The highest BCUT2D eigenvalue weighted by molar-refractivity contribution is 6.31. The van der Waals surface area contributed by atoms with Crippen LogP contribution >= 0.6 is 11.6 Å². The molecule has 8 nitrogen and oxygen atoms in total. The molecule has 2 aromatic carbocycles. The predicted octanol–water partition coefficient (Wildman–Crippen LogP) is 3.67. The number of rotatable bonds is 6. The molecule has 10 heteroatoms. The highest BCUT2D eigenvalue weighted by Crippen LogP contribution is 2.46. The molecule has 1 amide bonds. The fraction of sp³-hybridized carbons (Fsp3) is 0.188.